The molecule has 0 bridgehead atoms. The number of alkyl halides is 2. The van der Waals surface area contributed by atoms with Gasteiger partial charge in [-0.25, -0.2) is 0 Å². The number of benzene rings is 1. The van der Waals surface area contributed by atoms with Gasteiger partial charge in [-0.15, -0.1) is 0 Å². The van der Waals surface area contributed by atoms with E-state index in [0.717, 1.165) is 5.56 Å². The van der Waals surface area contributed by atoms with Gasteiger partial charge in [0.15, 0.2) is 0 Å². The zero-order chi connectivity index (χ0) is 16.7. The monoisotopic (exact) mass is 318 g/mol. The molecule has 0 saturated heterocycles. The van der Waals surface area contributed by atoms with Crippen LogP contribution in [0.25, 0.3) is 6.08 Å². The number of nitrogens with one attached hydrogen (secondary N) is 1. The van der Waals surface area contributed by atoms with Crippen LogP contribution in [0.5, 0.6) is 5.75 Å². The van der Waals surface area contributed by atoms with Crippen molar-refractivity contribution in [2.24, 2.45) is 0 Å². The predicted molar refractivity (Wildman–Crippen MR) is 82.9 cm³/mol. The van der Waals surface area contributed by atoms with E-state index in [0.29, 0.717) is 5.56 Å². The van der Waals surface area contributed by atoms with Crippen LogP contribution in [-0.4, -0.2) is 17.5 Å². The molecule has 1 atom stereocenters. The van der Waals surface area contributed by atoms with Crippen LogP contribution in [0.2, 0.25) is 0 Å². The van der Waals surface area contributed by atoms with E-state index in [1.807, 2.05) is 0 Å². The Morgan fingerprint density at radius 3 is 2.70 bits per heavy atom. The summed E-state index contributed by atoms with van der Waals surface area (Å²) in [5, 5.41) is 2.76. The number of nitrogens with zero attached hydrogens (tertiary/aromatic N) is 1. The fourth-order valence-corrected chi connectivity index (χ4v) is 1.95. The lowest BCUT2D eigenvalue weighted by Crippen LogP contribution is -2.24. The number of hydrogen-bond acceptors (Lipinski definition) is 3. The lowest BCUT2D eigenvalue weighted by atomic mass is 10.1. The van der Waals surface area contributed by atoms with Gasteiger partial charge < -0.3 is 10.1 Å². The van der Waals surface area contributed by atoms with Gasteiger partial charge in [0, 0.05) is 18.5 Å². The van der Waals surface area contributed by atoms with Crippen molar-refractivity contribution in [2.45, 2.75) is 19.6 Å². The molecule has 23 heavy (non-hydrogen) atoms. The average molecular weight is 318 g/mol. The van der Waals surface area contributed by atoms with E-state index in [2.05, 4.69) is 15.0 Å². The highest BCUT2D eigenvalue weighted by Crippen LogP contribution is 2.20. The predicted octanol–water partition coefficient (Wildman–Crippen LogP) is 3.57. The zero-order valence-electron chi connectivity index (χ0n) is 12.4. The second-order valence-electron chi connectivity index (χ2n) is 4.80. The van der Waals surface area contributed by atoms with Crippen molar-refractivity contribution in [1.82, 2.24) is 10.3 Å². The molecule has 1 unspecified atom stereocenters. The Morgan fingerprint density at radius 2 is 2.00 bits per heavy atom. The van der Waals surface area contributed by atoms with Crippen LogP contribution in [0.4, 0.5) is 8.78 Å². The van der Waals surface area contributed by atoms with Crippen molar-refractivity contribution in [3.05, 3.63) is 66.0 Å². The molecule has 0 fully saturated rings. The highest BCUT2D eigenvalue weighted by atomic mass is 19.3. The van der Waals surface area contributed by atoms with Crippen LogP contribution >= 0.6 is 0 Å². The number of amides is 1. The summed E-state index contributed by atoms with van der Waals surface area (Å²) in [6.07, 6.45) is 6.34. The van der Waals surface area contributed by atoms with Gasteiger partial charge in [-0.05, 0) is 48.4 Å². The van der Waals surface area contributed by atoms with E-state index < -0.39 is 6.61 Å². The first-order valence-electron chi connectivity index (χ1n) is 6.98. The Kier molecular flexibility index (Phi) is 5.80. The number of pyridine rings is 1. The van der Waals surface area contributed by atoms with Crippen molar-refractivity contribution in [3.8, 4) is 5.75 Å². The molecule has 1 aromatic heterocycles. The average Bonchev–Trinajstić information content (AvgIpc) is 2.53. The minimum atomic E-state index is -2.88. The molecular formula is C17H16F2N2O2. The number of ether oxygens (including phenoxy) is 1. The van der Waals surface area contributed by atoms with Crippen LogP contribution in [0, 0.1) is 0 Å². The van der Waals surface area contributed by atoms with E-state index in [1.54, 1.807) is 49.7 Å². The molecule has 0 aliphatic rings. The highest BCUT2D eigenvalue weighted by Gasteiger charge is 2.10. The summed E-state index contributed by atoms with van der Waals surface area (Å²) < 4.78 is 28.8. The van der Waals surface area contributed by atoms with Gasteiger partial charge in [0.05, 0.1) is 6.04 Å². The Bertz CT molecular complexity index is 675. The second kappa shape index (κ2) is 8.03. The number of rotatable bonds is 6. The van der Waals surface area contributed by atoms with Gasteiger partial charge in [0.2, 0.25) is 5.91 Å². The SMILES string of the molecule is CC(NC(=O)/C=C/c1ccncc1)c1cccc(OC(F)F)c1. The first-order chi connectivity index (χ1) is 11.0. The molecule has 6 heteroatoms. The topological polar surface area (TPSA) is 51.2 Å². The summed E-state index contributed by atoms with van der Waals surface area (Å²) in [5.41, 5.74) is 1.53. The largest absolute Gasteiger partial charge is 0.435 e. The van der Waals surface area contributed by atoms with Crippen LogP contribution < -0.4 is 10.1 Å². The van der Waals surface area contributed by atoms with E-state index in [1.165, 1.54) is 18.2 Å². The van der Waals surface area contributed by atoms with Crippen molar-refractivity contribution >= 4 is 12.0 Å². The third-order valence-electron chi connectivity index (χ3n) is 3.08. The molecule has 1 amide bonds. The van der Waals surface area contributed by atoms with E-state index >= 15 is 0 Å². The molecule has 4 nitrogen and oxygen atoms in total. The molecule has 0 aliphatic carbocycles. The Hall–Kier alpha value is -2.76. The first-order valence-corrected chi connectivity index (χ1v) is 6.98. The van der Waals surface area contributed by atoms with Gasteiger partial charge >= 0.3 is 6.61 Å². The van der Waals surface area contributed by atoms with Gasteiger partial charge in [-0.3, -0.25) is 9.78 Å². The molecule has 0 saturated carbocycles. The molecule has 1 aromatic carbocycles. The standard InChI is InChI=1S/C17H16F2N2O2/c1-12(14-3-2-4-15(11-14)23-17(18)19)21-16(22)6-5-13-7-9-20-10-8-13/h2-12,17H,1H3,(H,21,22)/b6-5+. The quantitative estimate of drug-likeness (QED) is 0.828. The molecule has 120 valence electrons. The number of hydrogen-bond donors (Lipinski definition) is 1. The summed E-state index contributed by atoms with van der Waals surface area (Å²) >= 11 is 0. The lowest BCUT2D eigenvalue weighted by Gasteiger charge is -2.14. The molecule has 0 aliphatic heterocycles. The van der Waals surface area contributed by atoms with Crippen LogP contribution in [0.3, 0.4) is 0 Å². The second-order valence-corrected chi connectivity index (χ2v) is 4.80. The van der Waals surface area contributed by atoms with Gasteiger partial charge in [-0.1, -0.05) is 12.1 Å². The molecule has 2 aromatic rings. The molecule has 0 spiro atoms. The van der Waals surface area contributed by atoms with E-state index in [-0.39, 0.29) is 17.7 Å². The zero-order valence-corrected chi connectivity index (χ0v) is 12.4. The third kappa shape index (κ3) is 5.50. The van der Waals surface area contributed by atoms with Crippen molar-refractivity contribution in [2.75, 3.05) is 0 Å². The van der Waals surface area contributed by atoms with Crippen LogP contribution in [0.1, 0.15) is 24.1 Å². The molecule has 2 rings (SSSR count). The lowest BCUT2D eigenvalue weighted by molar-refractivity contribution is -0.117. The van der Waals surface area contributed by atoms with E-state index in [9.17, 15) is 13.6 Å². The third-order valence-corrected chi connectivity index (χ3v) is 3.08. The maximum atomic E-state index is 12.2. The van der Waals surface area contributed by atoms with Crippen LogP contribution in [-0.2, 0) is 4.79 Å². The Balaban J connectivity index is 1.97. The molecule has 1 N–H and O–H groups in total. The summed E-state index contributed by atoms with van der Waals surface area (Å²) in [6, 6.07) is 9.46. The maximum Gasteiger partial charge on any atom is 0.387 e. The minimum Gasteiger partial charge on any atom is -0.435 e. The fraction of sp³-hybridized carbons (Fsp3) is 0.176. The first kappa shape index (κ1) is 16.6. The van der Waals surface area contributed by atoms with Crippen LogP contribution in [0.15, 0.2) is 54.9 Å². The minimum absolute atomic E-state index is 0.0610. The number of carbonyl (C=O) groups is 1. The highest BCUT2D eigenvalue weighted by molar-refractivity contribution is 5.91. The maximum absolute atomic E-state index is 12.2. The summed E-state index contributed by atoms with van der Waals surface area (Å²) in [6.45, 7) is -1.11. The Morgan fingerprint density at radius 1 is 1.26 bits per heavy atom. The number of carbonyl (C=O) groups excluding carboxylic acids is 1. The van der Waals surface area contributed by atoms with Crippen molar-refractivity contribution in [1.29, 1.82) is 0 Å². The van der Waals surface area contributed by atoms with Crippen molar-refractivity contribution < 1.29 is 18.3 Å². The van der Waals surface area contributed by atoms with Gasteiger partial charge in [0.25, 0.3) is 0 Å². The number of aromatic nitrogens is 1. The van der Waals surface area contributed by atoms with Gasteiger partial charge in [-0.2, -0.15) is 8.78 Å². The normalized spacial score (nSPS) is 12.3. The summed E-state index contributed by atoms with van der Waals surface area (Å²) in [7, 11) is 0. The summed E-state index contributed by atoms with van der Waals surface area (Å²) in [4.78, 5) is 15.8. The van der Waals surface area contributed by atoms with Gasteiger partial charge in [0.1, 0.15) is 5.75 Å². The molecular weight excluding hydrogens is 302 g/mol. The molecule has 1 heterocycles. The number of halogens is 2. The fourth-order valence-electron chi connectivity index (χ4n) is 1.95. The summed E-state index contributed by atoms with van der Waals surface area (Å²) in [5.74, 6) is -0.222. The smallest absolute Gasteiger partial charge is 0.387 e. The molecule has 0 radical (unpaired) electrons. The van der Waals surface area contributed by atoms with E-state index in [4.69, 9.17) is 0 Å². The van der Waals surface area contributed by atoms with Crippen molar-refractivity contribution in [3.63, 3.8) is 0 Å². The Labute approximate surface area is 132 Å².